The number of benzene rings is 3. The number of hydrogen-bond donors (Lipinski definition) is 0. The maximum absolute atomic E-state index is 14.0. The third-order valence-electron chi connectivity index (χ3n) is 7.77. The molecule has 45 heavy (non-hydrogen) atoms. The van der Waals surface area contributed by atoms with Gasteiger partial charge in [-0.05, 0) is 72.0 Å². The maximum Gasteiger partial charge on any atom is 0.392 e. The van der Waals surface area contributed by atoms with Crippen LogP contribution in [0.25, 0.3) is 16.6 Å². The molecule has 2 aromatic heterocycles. The van der Waals surface area contributed by atoms with Crippen molar-refractivity contribution in [2.45, 2.75) is 30.0 Å². The molecule has 9 nitrogen and oxygen atoms in total. The second-order valence-electron chi connectivity index (χ2n) is 10.5. The predicted octanol–water partition coefficient (Wildman–Crippen LogP) is 6.71. The molecule has 0 spiro atoms. The van der Waals surface area contributed by atoms with Gasteiger partial charge in [-0.3, -0.25) is 9.36 Å². The van der Waals surface area contributed by atoms with Crippen LogP contribution in [0.3, 0.4) is 0 Å². The Morgan fingerprint density at radius 2 is 1.78 bits per heavy atom. The Morgan fingerprint density at radius 3 is 2.40 bits per heavy atom. The highest BCUT2D eigenvalue weighted by molar-refractivity contribution is 7.92. The van der Waals surface area contributed by atoms with Crippen LogP contribution in [-0.2, 0) is 16.6 Å². The molecular weight excluding hydrogens is 635 g/mol. The first-order valence-corrected chi connectivity index (χ1v) is 15.4. The first-order valence-electron chi connectivity index (χ1n) is 13.6. The largest absolute Gasteiger partial charge is 0.497 e. The van der Waals surface area contributed by atoms with Gasteiger partial charge in [0.2, 0.25) is 0 Å². The van der Waals surface area contributed by atoms with E-state index in [0.717, 1.165) is 4.31 Å². The topological polar surface area (TPSA) is 104 Å². The molecule has 1 fully saturated rings. The van der Waals surface area contributed by atoms with Crippen LogP contribution in [0.15, 0.2) is 93.3 Å². The van der Waals surface area contributed by atoms with Gasteiger partial charge in [0, 0.05) is 22.5 Å². The summed E-state index contributed by atoms with van der Waals surface area (Å²) >= 11 is 6.47. The fourth-order valence-electron chi connectivity index (χ4n) is 5.36. The number of methoxy groups -OCH3 is 2. The lowest BCUT2D eigenvalue weighted by atomic mass is 10.1. The fraction of sp³-hybridized carbons (Fsp3) is 0.226. The Morgan fingerprint density at radius 1 is 1.02 bits per heavy atom. The third-order valence-corrected chi connectivity index (χ3v) is 9.84. The van der Waals surface area contributed by atoms with Crippen LogP contribution in [0.2, 0.25) is 5.02 Å². The first-order chi connectivity index (χ1) is 21.4. The van der Waals surface area contributed by atoms with Gasteiger partial charge in [-0.15, -0.1) is 0 Å². The van der Waals surface area contributed by atoms with E-state index in [1.807, 2.05) is 0 Å². The van der Waals surface area contributed by atoms with Gasteiger partial charge in [-0.2, -0.15) is 13.2 Å². The molecule has 0 radical (unpaired) electrons. The molecule has 2 unspecified atom stereocenters. The van der Waals surface area contributed by atoms with Crippen molar-refractivity contribution in [1.82, 2.24) is 9.72 Å². The van der Waals surface area contributed by atoms with E-state index in [-0.39, 0.29) is 45.7 Å². The normalized spacial score (nSPS) is 16.5. The number of ether oxygens (including phenoxy) is 2. The van der Waals surface area contributed by atoms with Crippen LogP contribution in [0.1, 0.15) is 23.5 Å². The molecule has 0 aliphatic heterocycles. The molecule has 1 aliphatic carbocycles. The number of pyridine rings is 1. The molecule has 3 aromatic carbocycles. The molecule has 0 bridgehead atoms. The molecule has 0 saturated heterocycles. The lowest BCUT2D eigenvalue weighted by Gasteiger charge is -2.22. The summed E-state index contributed by atoms with van der Waals surface area (Å²) in [4.78, 5) is 13.1. The summed E-state index contributed by atoms with van der Waals surface area (Å²) in [5.41, 5.74) is 0.989. The van der Waals surface area contributed by atoms with E-state index in [1.165, 1.54) is 73.6 Å². The molecule has 2 atom stereocenters. The van der Waals surface area contributed by atoms with Crippen molar-refractivity contribution < 1.29 is 35.6 Å². The Labute approximate surface area is 260 Å². The first kappa shape index (κ1) is 30.5. The second kappa shape index (κ2) is 11.5. The van der Waals surface area contributed by atoms with Gasteiger partial charge in [-0.1, -0.05) is 28.9 Å². The van der Waals surface area contributed by atoms with Gasteiger partial charge in [0.15, 0.2) is 5.82 Å². The van der Waals surface area contributed by atoms with Crippen molar-refractivity contribution in [3.05, 3.63) is 106 Å². The number of nitrogens with zero attached hydrogens (tertiary/aromatic N) is 3. The standard InChI is InChI=1S/C31H25ClF3N3O6S/c1-42-20-6-3-18(4-7-20)17-37(29-11-12-44-36-29)45(40,41)21-8-9-26-19(13-21)5-10-30(39)38(26)27-16-25(32)23(15-28(27)43-2)22-14-24(22)31(33,34)35/h3-13,15-16,22,24H,14,17H2,1-2H3. The van der Waals surface area contributed by atoms with E-state index in [0.29, 0.717) is 22.2 Å². The summed E-state index contributed by atoms with van der Waals surface area (Å²) in [6.45, 7) is -0.0609. The van der Waals surface area contributed by atoms with Crippen LogP contribution in [0.4, 0.5) is 19.0 Å². The van der Waals surface area contributed by atoms with Crippen molar-refractivity contribution in [2.75, 3.05) is 18.5 Å². The average Bonchev–Trinajstić information content (AvgIpc) is 3.66. The molecular formula is C31H25ClF3N3O6S. The Balaban J connectivity index is 1.41. The Kier molecular flexibility index (Phi) is 7.77. The summed E-state index contributed by atoms with van der Waals surface area (Å²) in [5, 5.41) is 4.30. The molecule has 6 rings (SSSR count). The molecule has 234 valence electrons. The van der Waals surface area contributed by atoms with Gasteiger partial charge in [0.25, 0.3) is 15.6 Å². The quantitative estimate of drug-likeness (QED) is 0.173. The molecule has 0 amide bonds. The highest BCUT2D eigenvalue weighted by Gasteiger charge is 2.56. The van der Waals surface area contributed by atoms with Crippen molar-refractivity contribution in [3.8, 4) is 17.2 Å². The number of fused-ring (bicyclic) bond motifs is 1. The minimum absolute atomic E-state index is 0.0609. The van der Waals surface area contributed by atoms with E-state index in [1.54, 1.807) is 24.3 Å². The van der Waals surface area contributed by atoms with Crippen molar-refractivity contribution in [2.24, 2.45) is 5.92 Å². The van der Waals surface area contributed by atoms with Crippen molar-refractivity contribution in [3.63, 3.8) is 0 Å². The lowest BCUT2D eigenvalue weighted by molar-refractivity contribution is -0.148. The summed E-state index contributed by atoms with van der Waals surface area (Å²) in [7, 11) is -1.34. The van der Waals surface area contributed by atoms with Gasteiger partial charge in [0.1, 0.15) is 17.8 Å². The predicted molar refractivity (Wildman–Crippen MR) is 161 cm³/mol. The highest BCUT2D eigenvalue weighted by Crippen LogP contribution is 2.58. The van der Waals surface area contributed by atoms with Crippen LogP contribution in [0.5, 0.6) is 11.5 Å². The number of alkyl halides is 3. The van der Waals surface area contributed by atoms with Crippen LogP contribution in [0, 0.1) is 5.92 Å². The van der Waals surface area contributed by atoms with E-state index in [4.69, 9.17) is 25.6 Å². The number of anilines is 1. The van der Waals surface area contributed by atoms with Crippen LogP contribution >= 0.6 is 11.6 Å². The number of rotatable bonds is 9. The van der Waals surface area contributed by atoms with Gasteiger partial charge < -0.3 is 14.0 Å². The minimum Gasteiger partial charge on any atom is -0.497 e. The van der Waals surface area contributed by atoms with Crippen LogP contribution < -0.4 is 19.3 Å². The van der Waals surface area contributed by atoms with E-state index < -0.39 is 33.6 Å². The van der Waals surface area contributed by atoms with Gasteiger partial charge in [0.05, 0.1) is 42.8 Å². The molecule has 2 heterocycles. The van der Waals surface area contributed by atoms with Crippen molar-refractivity contribution >= 4 is 38.3 Å². The minimum atomic E-state index is -4.34. The average molecular weight is 660 g/mol. The monoisotopic (exact) mass is 659 g/mol. The van der Waals surface area contributed by atoms with E-state index >= 15 is 0 Å². The zero-order chi connectivity index (χ0) is 32.1. The number of sulfonamides is 1. The molecule has 5 aromatic rings. The zero-order valence-electron chi connectivity index (χ0n) is 23.8. The summed E-state index contributed by atoms with van der Waals surface area (Å²) in [5.74, 6) is -1.47. The SMILES string of the molecule is COc1ccc(CN(c2ccon2)S(=O)(=O)c2ccc3c(ccc(=O)n3-c3cc(Cl)c(C4CC4C(F)(F)F)cc3OC)c2)cc1. The molecule has 1 saturated carbocycles. The molecule has 1 aliphatic rings. The number of hydrogen-bond acceptors (Lipinski definition) is 7. The maximum atomic E-state index is 14.0. The Hall–Kier alpha value is -4.49. The summed E-state index contributed by atoms with van der Waals surface area (Å²) in [6, 6.07) is 18.1. The van der Waals surface area contributed by atoms with Gasteiger partial charge >= 0.3 is 6.18 Å². The van der Waals surface area contributed by atoms with E-state index in [2.05, 4.69) is 5.16 Å². The smallest absolute Gasteiger partial charge is 0.392 e. The second-order valence-corrected chi connectivity index (χ2v) is 12.8. The zero-order valence-corrected chi connectivity index (χ0v) is 25.4. The lowest BCUT2D eigenvalue weighted by Crippen LogP contribution is -2.31. The number of aromatic nitrogens is 2. The van der Waals surface area contributed by atoms with Crippen molar-refractivity contribution in [1.29, 1.82) is 0 Å². The number of halogens is 4. The van der Waals surface area contributed by atoms with E-state index in [9.17, 15) is 26.4 Å². The summed E-state index contributed by atoms with van der Waals surface area (Å²) in [6.07, 6.45) is -3.16. The molecule has 0 N–H and O–H groups in total. The third kappa shape index (κ3) is 5.73. The Bertz CT molecular complexity index is 2050. The highest BCUT2D eigenvalue weighted by atomic mass is 35.5. The fourth-order valence-corrected chi connectivity index (χ4v) is 7.09. The van der Waals surface area contributed by atoms with Crippen LogP contribution in [-0.4, -0.2) is 38.5 Å². The molecule has 14 heteroatoms. The van der Waals surface area contributed by atoms with Gasteiger partial charge in [-0.25, -0.2) is 12.7 Å². The summed E-state index contributed by atoms with van der Waals surface area (Å²) < 4.78 is 85.8.